The molecule has 0 amide bonds. The molecular formula is C20H31NO4. The minimum Gasteiger partial charge on any atom is -0.491 e. The molecule has 0 saturated heterocycles. The van der Waals surface area contributed by atoms with Gasteiger partial charge in [0.25, 0.3) is 0 Å². The fourth-order valence-electron chi connectivity index (χ4n) is 2.22. The van der Waals surface area contributed by atoms with Crippen molar-refractivity contribution in [1.29, 1.82) is 0 Å². The molecule has 0 unspecified atom stereocenters. The van der Waals surface area contributed by atoms with Crippen LogP contribution in [0.25, 0.3) is 0 Å². The summed E-state index contributed by atoms with van der Waals surface area (Å²) >= 11 is 0. The van der Waals surface area contributed by atoms with Gasteiger partial charge in [0.2, 0.25) is 0 Å². The molecule has 5 nitrogen and oxygen atoms in total. The first-order chi connectivity index (χ1) is 12.2. The molecule has 0 spiro atoms. The zero-order chi connectivity index (χ0) is 18.3. The van der Waals surface area contributed by atoms with Gasteiger partial charge in [-0.1, -0.05) is 18.1 Å². The molecule has 0 aliphatic rings. The third kappa shape index (κ3) is 10.1. The smallest absolute Gasteiger partial charge is 0.119 e. The van der Waals surface area contributed by atoms with E-state index in [0.717, 1.165) is 18.7 Å². The molecule has 0 fully saturated rings. The van der Waals surface area contributed by atoms with Gasteiger partial charge in [-0.3, -0.25) is 4.90 Å². The average molecular weight is 349 g/mol. The number of nitrogens with zero attached hydrogens (tertiary/aromatic N) is 1. The van der Waals surface area contributed by atoms with Gasteiger partial charge in [-0.25, -0.2) is 0 Å². The number of likely N-dealkylation sites (N-methyl/N-ethyl adjacent to an activating group) is 1. The summed E-state index contributed by atoms with van der Waals surface area (Å²) < 4.78 is 16.3. The van der Waals surface area contributed by atoms with Crippen LogP contribution >= 0.6 is 0 Å². The summed E-state index contributed by atoms with van der Waals surface area (Å²) in [6.07, 6.45) is 0.956. The third-order valence-electron chi connectivity index (χ3n) is 3.79. The summed E-state index contributed by atoms with van der Waals surface area (Å²) in [5, 5.41) is 8.58. The molecule has 0 aromatic heterocycles. The summed E-state index contributed by atoms with van der Waals surface area (Å²) in [7, 11) is 2.09. The molecular weight excluding hydrogens is 318 g/mol. The summed E-state index contributed by atoms with van der Waals surface area (Å²) in [6.45, 7) is 7.27. The Labute approximate surface area is 151 Å². The molecule has 0 radical (unpaired) electrons. The molecule has 1 aromatic rings. The number of benzene rings is 1. The highest BCUT2D eigenvalue weighted by molar-refractivity contribution is 5.29. The quantitative estimate of drug-likeness (QED) is 0.436. The Balaban J connectivity index is 2.28. The molecule has 0 aliphatic carbocycles. The maximum Gasteiger partial charge on any atom is 0.119 e. The van der Waals surface area contributed by atoms with Gasteiger partial charge in [0.1, 0.15) is 12.4 Å². The number of hydrogen-bond acceptors (Lipinski definition) is 5. The van der Waals surface area contributed by atoms with E-state index in [1.807, 2.05) is 19.1 Å². The van der Waals surface area contributed by atoms with Crippen molar-refractivity contribution in [1.82, 2.24) is 4.90 Å². The first-order valence-electron chi connectivity index (χ1n) is 8.75. The summed E-state index contributed by atoms with van der Waals surface area (Å²) in [5.41, 5.74) is 1.25. The maximum atomic E-state index is 8.58. The van der Waals surface area contributed by atoms with E-state index in [9.17, 15) is 0 Å². The predicted octanol–water partition coefficient (Wildman–Crippen LogP) is 1.98. The van der Waals surface area contributed by atoms with Crippen molar-refractivity contribution in [3.05, 3.63) is 29.8 Å². The van der Waals surface area contributed by atoms with Crippen LogP contribution in [0.1, 0.15) is 19.4 Å². The number of ether oxygens (including phenoxy) is 3. The molecule has 0 bridgehead atoms. The van der Waals surface area contributed by atoms with Crippen LogP contribution in [0, 0.1) is 11.8 Å². The normalized spacial score (nSPS) is 11.9. The number of aliphatic hydroxyl groups is 1. The lowest BCUT2D eigenvalue weighted by molar-refractivity contribution is 0.0247. The molecule has 1 atom stereocenters. The minimum atomic E-state index is 0.0415. The fraction of sp³-hybridized carbons (Fsp3) is 0.600. The van der Waals surface area contributed by atoms with Crippen LogP contribution in [0.3, 0.4) is 0 Å². The van der Waals surface area contributed by atoms with Crippen LogP contribution in [0.5, 0.6) is 5.75 Å². The Morgan fingerprint density at radius 1 is 1.12 bits per heavy atom. The van der Waals surface area contributed by atoms with E-state index in [2.05, 4.69) is 42.8 Å². The first-order valence-corrected chi connectivity index (χ1v) is 8.75. The van der Waals surface area contributed by atoms with E-state index in [4.69, 9.17) is 19.3 Å². The van der Waals surface area contributed by atoms with Crippen molar-refractivity contribution >= 4 is 0 Å². The Kier molecular flexibility index (Phi) is 11.7. The Bertz CT molecular complexity index is 524. The molecule has 1 N–H and O–H groups in total. The van der Waals surface area contributed by atoms with E-state index >= 15 is 0 Å². The Hall–Kier alpha value is -1.58. The number of rotatable bonds is 13. The molecule has 25 heavy (non-hydrogen) atoms. The Morgan fingerprint density at radius 2 is 1.84 bits per heavy atom. The molecule has 1 rings (SSSR count). The first kappa shape index (κ1) is 21.5. The lowest BCUT2D eigenvalue weighted by Crippen LogP contribution is -2.31. The topological polar surface area (TPSA) is 51.2 Å². The van der Waals surface area contributed by atoms with Gasteiger partial charge in [0.05, 0.1) is 39.6 Å². The summed E-state index contributed by atoms with van der Waals surface area (Å²) in [5.74, 6) is 6.89. The van der Waals surface area contributed by atoms with Crippen LogP contribution in [-0.4, -0.2) is 69.3 Å². The van der Waals surface area contributed by atoms with Crippen molar-refractivity contribution in [2.75, 3.05) is 53.2 Å². The number of aliphatic hydroxyl groups excluding tert-OH is 1. The molecule has 1 aromatic carbocycles. The second kappa shape index (κ2) is 13.7. The second-order valence-corrected chi connectivity index (χ2v) is 5.84. The minimum absolute atomic E-state index is 0.0415. The fourth-order valence-corrected chi connectivity index (χ4v) is 2.22. The average Bonchev–Trinajstić information content (AvgIpc) is 2.62. The lowest BCUT2D eigenvalue weighted by Gasteiger charge is -2.22. The zero-order valence-electron chi connectivity index (χ0n) is 15.7. The van der Waals surface area contributed by atoms with Crippen LogP contribution in [0.2, 0.25) is 0 Å². The van der Waals surface area contributed by atoms with Crippen LogP contribution in [0.15, 0.2) is 24.3 Å². The van der Waals surface area contributed by atoms with Gasteiger partial charge in [-0.05, 0) is 45.0 Å². The largest absolute Gasteiger partial charge is 0.491 e. The van der Waals surface area contributed by atoms with Crippen molar-refractivity contribution in [2.24, 2.45) is 0 Å². The highest BCUT2D eigenvalue weighted by Gasteiger charge is 2.09. The Morgan fingerprint density at radius 3 is 2.56 bits per heavy atom. The molecule has 0 heterocycles. The van der Waals surface area contributed by atoms with Crippen LogP contribution in [-0.2, 0) is 15.9 Å². The lowest BCUT2D eigenvalue weighted by atomic mass is 10.1. The van der Waals surface area contributed by atoms with Gasteiger partial charge in [0, 0.05) is 6.04 Å². The maximum absolute atomic E-state index is 8.58. The monoisotopic (exact) mass is 349 g/mol. The van der Waals surface area contributed by atoms with Crippen molar-refractivity contribution in [3.8, 4) is 17.6 Å². The SMILES string of the molecule is CC#CCN(C)[C@H](C)Cc1cccc(OCCOCCOCCO)c1. The van der Waals surface area contributed by atoms with Gasteiger partial charge in [0.15, 0.2) is 0 Å². The van der Waals surface area contributed by atoms with Crippen molar-refractivity contribution < 1.29 is 19.3 Å². The van der Waals surface area contributed by atoms with Gasteiger partial charge < -0.3 is 19.3 Å². The predicted molar refractivity (Wildman–Crippen MR) is 99.9 cm³/mol. The highest BCUT2D eigenvalue weighted by Crippen LogP contribution is 2.16. The van der Waals surface area contributed by atoms with E-state index in [0.29, 0.717) is 39.1 Å². The van der Waals surface area contributed by atoms with Gasteiger partial charge >= 0.3 is 0 Å². The second-order valence-electron chi connectivity index (χ2n) is 5.84. The molecule has 5 heteroatoms. The zero-order valence-corrected chi connectivity index (χ0v) is 15.7. The van der Waals surface area contributed by atoms with Crippen molar-refractivity contribution in [2.45, 2.75) is 26.3 Å². The van der Waals surface area contributed by atoms with Gasteiger partial charge in [-0.15, -0.1) is 5.92 Å². The molecule has 140 valence electrons. The highest BCUT2D eigenvalue weighted by atomic mass is 16.5. The summed E-state index contributed by atoms with van der Waals surface area (Å²) in [4.78, 5) is 2.25. The standard InChI is InChI=1S/C20H31NO4/c1-4-5-9-21(3)18(2)16-19-7-6-8-20(17-19)25-15-14-24-13-12-23-11-10-22/h6-8,17-18,22H,9-16H2,1-3H3/t18-/m1/s1. The summed E-state index contributed by atoms with van der Waals surface area (Å²) in [6, 6.07) is 8.61. The number of hydrogen-bond donors (Lipinski definition) is 1. The van der Waals surface area contributed by atoms with E-state index in [1.54, 1.807) is 0 Å². The third-order valence-corrected chi connectivity index (χ3v) is 3.79. The van der Waals surface area contributed by atoms with Gasteiger partial charge in [-0.2, -0.15) is 0 Å². The van der Waals surface area contributed by atoms with Crippen LogP contribution in [0.4, 0.5) is 0 Å². The van der Waals surface area contributed by atoms with E-state index in [1.165, 1.54) is 5.56 Å². The molecule has 0 aliphatic heterocycles. The van der Waals surface area contributed by atoms with Crippen molar-refractivity contribution in [3.63, 3.8) is 0 Å². The molecule has 0 saturated carbocycles. The van der Waals surface area contributed by atoms with E-state index < -0.39 is 0 Å². The van der Waals surface area contributed by atoms with Crippen LogP contribution < -0.4 is 4.74 Å². The van der Waals surface area contributed by atoms with E-state index in [-0.39, 0.29) is 6.61 Å².